The number of aliphatic carboxylic acids is 1. The Morgan fingerprint density at radius 3 is 2.57 bits per heavy atom. The fourth-order valence-electron chi connectivity index (χ4n) is 3.01. The van der Waals surface area contributed by atoms with Gasteiger partial charge in [-0.2, -0.15) is 0 Å². The van der Waals surface area contributed by atoms with Gasteiger partial charge in [-0.05, 0) is 12.1 Å². The molecule has 1 amide bonds. The number of hydrogen-bond donors (Lipinski definition) is 1. The molecule has 154 valence electrons. The van der Waals surface area contributed by atoms with Gasteiger partial charge in [0, 0.05) is 39.5 Å². The molecule has 1 aromatic carbocycles. The van der Waals surface area contributed by atoms with Crippen LogP contribution in [-0.4, -0.2) is 96.5 Å². The van der Waals surface area contributed by atoms with Crippen molar-refractivity contribution < 1.29 is 28.4 Å². The third-order valence-electron chi connectivity index (χ3n) is 4.45. The number of carbonyl (C=O) groups excluding carboxylic acids is 2. The Bertz CT molecular complexity index is 751. The van der Waals surface area contributed by atoms with E-state index in [0.717, 1.165) is 18.0 Å². The average Bonchev–Trinajstić information content (AvgIpc) is 2.67. The maximum absolute atomic E-state index is 12.6. The van der Waals surface area contributed by atoms with Crippen molar-refractivity contribution >= 4 is 34.8 Å². The fraction of sp³-hybridized carbons (Fsp3) is 0.500. The van der Waals surface area contributed by atoms with Crippen LogP contribution in [0.15, 0.2) is 18.2 Å². The first kappa shape index (κ1) is 22.0. The predicted octanol–water partition coefficient (Wildman–Crippen LogP) is 0.0878. The van der Waals surface area contributed by atoms with Gasteiger partial charge in [-0.25, -0.2) is 4.21 Å². The van der Waals surface area contributed by atoms with Crippen molar-refractivity contribution in [3.05, 3.63) is 29.3 Å². The Morgan fingerprint density at radius 2 is 2.00 bits per heavy atom. The normalized spacial score (nSPS) is 15.6. The Kier molecular flexibility index (Phi) is 8.09. The maximum atomic E-state index is 12.6. The Labute approximate surface area is 166 Å². The van der Waals surface area contributed by atoms with Crippen molar-refractivity contribution in [1.29, 1.82) is 0 Å². The van der Waals surface area contributed by atoms with E-state index in [1.165, 1.54) is 19.4 Å². The van der Waals surface area contributed by atoms with Crippen LogP contribution in [0.3, 0.4) is 0 Å². The van der Waals surface area contributed by atoms with Gasteiger partial charge in [0.05, 0.1) is 30.0 Å². The molecule has 1 heterocycles. The fourth-order valence-corrected chi connectivity index (χ4v) is 3.78. The van der Waals surface area contributed by atoms with E-state index in [2.05, 4.69) is 4.90 Å². The summed E-state index contributed by atoms with van der Waals surface area (Å²) in [5.41, 5.74) is 0.568. The summed E-state index contributed by atoms with van der Waals surface area (Å²) in [5, 5.41) is 8.89. The molecule has 0 aromatic heterocycles. The molecule has 28 heavy (non-hydrogen) atoms. The van der Waals surface area contributed by atoms with Crippen molar-refractivity contribution in [2.75, 3.05) is 63.5 Å². The second-order valence-corrected chi connectivity index (χ2v) is 7.68. The summed E-state index contributed by atoms with van der Waals surface area (Å²) in [6, 6.07) is 4.70. The second kappa shape index (κ2) is 10.3. The summed E-state index contributed by atoms with van der Waals surface area (Å²) < 4.78 is 19.2. The van der Waals surface area contributed by atoms with E-state index in [4.69, 9.17) is 9.84 Å². The number of rotatable bonds is 9. The number of benzene rings is 1. The van der Waals surface area contributed by atoms with Crippen LogP contribution in [0, 0.1) is 0 Å². The standard InChI is InChI=1S/C18H25N3O6S/c1-19(12-17(23)24)18(25)14-4-3-5-16(15(14)13-22)21(28(2)26)7-6-20-8-10-27-11-9-20/h3-5,13H,6-12H2,1-2H3,(H,23,24). The number of carboxylic acids is 1. The minimum absolute atomic E-state index is 0.0815. The number of amides is 1. The predicted molar refractivity (Wildman–Crippen MR) is 105 cm³/mol. The molecular weight excluding hydrogens is 386 g/mol. The van der Waals surface area contributed by atoms with Gasteiger partial charge in [-0.1, -0.05) is 6.07 Å². The first-order valence-electron chi connectivity index (χ1n) is 8.81. The highest BCUT2D eigenvalue weighted by atomic mass is 32.2. The molecule has 9 nitrogen and oxygen atoms in total. The highest BCUT2D eigenvalue weighted by molar-refractivity contribution is 7.85. The Hall–Kier alpha value is -2.30. The monoisotopic (exact) mass is 411 g/mol. The number of likely N-dealkylation sites (N-methyl/N-ethyl adjacent to an activating group) is 1. The summed E-state index contributed by atoms with van der Waals surface area (Å²) in [7, 11) is -0.0613. The van der Waals surface area contributed by atoms with Crippen molar-refractivity contribution in [2.45, 2.75) is 0 Å². The number of anilines is 1. The number of ether oxygens (including phenoxy) is 1. The maximum Gasteiger partial charge on any atom is 0.323 e. The molecule has 2 rings (SSSR count). The number of carbonyl (C=O) groups is 3. The van der Waals surface area contributed by atoms with E-state index in [-0.39, 0.29) is 11.1 Å². The molecule has 1 fully saturated rings. The number of nitrogens with zero attached hydrogens (tertiary/aromatic N) is 3. The van der Waals surface area contributed by atoms with E-state index >= 15 is 0 Å². The highest BCUT2D eigenvalue weighted by Gasteiger charge is 2.23. The molecule has 1 N–H and O–H groups in total. The third-order valence-corrected chi connectivity index (χ3v) is 5.45. The summed E-state index contributed by atoms with van der Waals surface area (Å²) >= 11 is 0. The molecule has 1 saturated heterocycles. The highest BCUT2D eigenvalue weighted by Crippen LogP contribution is 2.25. The number of carboxylic acid groups (broad SMARTS) is 1. The van der Waals surface area contributed by atoms with Crippen LogP contribution in [0.4, 0.5) is 5.69 Å². The Balaban J connectivity index is 2.28. The van der Waals surface area contributed by atoms with E-state index < -0.39 is 29.4 Å². The van der Waals surface area contributed by atoms with Gasteiger partial charge >= 0.3 is 5.97 Å². The molecule has 0 radical (unpaired) electrons. The van der Waals surface area contributed by atoms with Crippen LogP contribution >= 0.6 is 0 Å². The van der Waals surface area contributed by atoms with E-state index in [1.54, 1.807) is 16.4 Å². The molecule has 0 bridgehead atoms. The Morgan fingerprint density at radius 1 is 1.32 bits per heavy atom. The number of morpholine rings is 1. The van der Waals surface area contributed by atoms with Crippen LogP contribution in [0.1, 0.15) is 20.7 Å². The number of aldehydes is 1. The third kappa shape index (κ3) is 5.60. The quantitative estimate of drug-likeness (QED) is 0.574. The van der Waals surface area contributed by atoms with Crippen LogP contribution in [0.5, 0.6) is 0 Å². The second-order valence-electron chi connectivity index (χ2n) is 6.39. The topological polar surface area (TPSA) is 107 Å². The lowest BCUT2D eigenvalue weighted by Gasteiger charge is -2.30. The van der Waals surface area contributed by atoms with Gasteiger partial charge in [0.25, 0.3) is 5.91 Å². The SMILES string of the molecule is CN(CC(=O)O)C(=O)c1cccc(N(CCN2CCOCC2)S(C)=O)c1C=O. The minimum atomic E-state index is -1.41. The lowest BCUT2D eigenvalue weighted by Crippen LogP contribution is -2.42. The van der Waals surface area contributed by atoms with Gasteiger partial charge < -0.3 is 14.7 Å². The van der Waals surface area contributed by atoms with Crippen molar-refractivity contribution in [1.82, 2.24) is 9.80 Å². The molecule has 0 saturated carbocycles. The van der Waals surface area contributed by atoms with Gasteiger partial charge in [-0.15, -0.1) is 0 Å². The summed E-state index contributed by atoms with van der Waals surface area (Å²) in [6.45, 7) is 3.42. The van der Waals surface area contributed by atoms with Gasteiger partial charge in [0.1, 0.15) is 17.5 Å². The van der Waals surface area contributed by atoms with E-state index in [9.17, 15) is 18.6 Å². The summed E-state index contributed by atoms with van der Waals surface area (Å²) in [6.07, 6.45) is 2.06. The van der Waals surface area contributed by atoms with Crippen LogP contribution in [0.2, 0.25) is 0 Å². The molecule has 0 spiro atoms. The van der Waals surface area contributed by atoms with Crippen molar-refractivity contribution in [3.63, 3.8) is 0 Å². The van der Waals surface area contributed by atoms with Crippen molar-refractivity contribution in [3.8, 4) is 0 Å². The van der Waals surface area contributed by atoms with Crippen LogP contribution < -0.4 is 4.31 Å². The van der Waals surface area contributed by atoms with Crippen LogP contribution in [0.25, 0.3) is 0 Å². The summed E-state index contributed by atoms with van der Waals surface area (Å²) in [5.74, 6) is -1.73. The molecule has 0 aliphatic carbocycles. The molecule has 1 aliphatic heterocycles. The molecule has 1 aromatic rings. The average molecular weight is 411 g/mol. The lowest BCUT2D eigenvalue weighted by molar-refractivity contribution is -0.137. The lowest BCUT2D eigenvalue weighted by atomic mass is 10.0. The largest absolute Gasteiger partial charge is 0.480 e. The molecule has 1 unspecified atom stereocenters. The molecule has 1 atom stereocenters. The number of hydrogen-bond acceptors (Lipinski definition) is 6. The zero-order chi connectivity index (χ0) is 20.7. The van der Waals surface area contributed by atoms with Gasteiger partial charge in [0.15, 0.2) is 6.29 Å². The smallest absolute Gasteiger partial charge is 0.323 e. The first-order chi connectivity index (χ1) is 13.3. The summed E-state index contributed by atoms with van der Waals surface area (Å²) in [4.78, 5) is 38.5. The molecule has 10 heteroatoms. The van der Waals surface area contributed by atoms with Crippen LogP contribution in [-0.2, 0) is 20.5 Å². The van der Waals surface area contributed by atoms with Gasteiger partial charge in [0.2, 0.25) is 0 Å². The zero-order valence-electron chi connectivity index (χ0n) is 16.0. The van der Waals surface area contributed by atoms with E-state index in [0.29, 0.717) is 38.3 Å². The minimum Gasteiger partial charge on any atom is -0.480 e. The molecule has 1 aliphatic rings. The van der Waals surface area contributed by atoms with E-state index in [1.807, 2.05) is 0 Å². The first-order valence-corrected chi connectivity index (χ1v) is 10.3. The van der Waals surface area contributed by atoms with Crippen molar-refractivity contribution in [2.24, 2.45) is 0 Å². The zero-order valence-corrected chi connectivity index (χ0v) is 16.8. The van der Waals surface area contributed by atoms with Gasteiger partial charge in [-0.3, -0.25) is 23.6 Å². The molecular formula is C18H25N3O6S.